The fraction of sp³-hybridized carbons (Fsp3) is 0.842. The monoisotopic (exact) mass is 450 g/mol. The molecule has 3 rings (SSSR count). The molecule has 0 bridgehead atoms. The van der Waals surface area contributed by atoms with E-state index >= 15 is 0 Å². The van der Waals surface area contributed by atoms with Crippen LogP contribution in [0.3, 0.4) is 0 Å². The van der Waals surface area contributed by atoms with Crippen molar-refractivity contribution in [3.63, 3.8) is 0 Å². The number of amides is 1. The summed E-state index contributed by atoms with van der Waals surface area (Å²) >= 11 is 0. The number of hydrogen-bond acceptors (Lipinski definition) is 6. The summed E-state index contributed by atoms with van der Waals surface area (Å²) in [6.45, 7) is 10.5. The minimum absolute atomic E-state index is 0. The third-order valence-corrected chi connectivity index (χ3v) is 6.01. The number of aromatic nitrogens is 3. The van der Waals surface area contributed by atoms with Crippen LogP contribution in [0.5, 0.6) is 0 Å². The van der Waals surface area contributed by atoms with E-state index in [1.807, 2.05) is 4.68 Å². The quantitative estimate of drug-likeness (QED) is 0.628. The van der Waals surface area contributed by atoms with Gasteiger partial charge in [0.1, 0.15) is 0 Å². The largest absolute Gasteiger partial charge is 0.379 e. The van der Waals surface area contributed by atoms with Crippen LogP contribution >= 0.6 is 24.8 Å². The average Bonchev–Trinajstić information content (AvgIpc) is 3.22. The number of carbonyl (C=O) groups excluding carboxylic acids is 1. The van der Waals surface area contributed by atoms with Crippen molar-refractivity contribution in [2.24, 2.45) is 5.92 Å². The van der Waals surface area contributed by atoms with Crippen molar-refractivity contribution in [1.82, 2.24) is 30.5 Å². The Morgan fingerprint density at radius 1 is 1.24 bits per heavy atom. The fourth-order valence-corrected chi connectivity index (χ4v) is 4.25. The Morgan fingerprint density at radius 2 is 1.90 bits per heavy atom. The Bertz CT molecular complexity index is 587. The van der Waals surface area contributed by atoms with Crippen molar-refractivity contribution in [3.05, 3.63) is 11.9 Å². The Kier molecular flexibility index (Phi) is 12.1. The molecule has 1 atom stereocenters. The topological polar surface area (TPSA) is 84.3 Å². The fourth-order valence-electron chi connectivity index (χ4n) is 4.25. The normalized spacial score (nSPS) is 19.3. The highest BCUT2D eigenvalue weighted by atomic mass is 35.5. The van der Waals surface area contributed by atoms with Gasteiger partial charge in [-0.05, 0) is 31.8 Å². The molecule has 3 heterocycles. The molecule has 2 fully saturated rings. The molecule has 0 saturated carbocycles. The third kappa shape index (κ3) is 7.07. The van der Waals surface area contributed by atoms with Crippen LogP contribution < -0.4 is 10.6 Å². The lowest BCUT2D eigenvalue weighted by Gasteiger charge is -2.38. The van der Waals surface area contributed by atoms with Gasteiger partial charge >= 0.3 is 0 Å². The number of hydrogen-bond donors (Lipinski definition) is 2. The lowest BCUT2D eigenvalue weighted by molar-refractivity contribution is 0.00190. The van der Waals surface area contributed by atoms with E-state index in [0.717, 1.165) is 65.1 Å². The highest BCUT2D eigenvalue weighted by Gasteiger charge is 2.28. The van der Waals surface area contributed by atoms with E-state index in [1.54, 1.807) is 6.20 Å². The second-order valence-corrected chi connectivity index (χ2v) is 7.57. The lowest BCUT2D eigenvalue weighted by Crippen LogP contribution is -2.52. The molecule has 29 heavy (non-hydrogen) atoms. The summed E-state index contributed by atoms with van der Waals surface area (Å²) in [6, 6.07) is 0.679. The highest BCUT2D eigenvalue weighted by molar-refractivity contribution is 5.91. The maximum Gasteiger partial charge on any atom is 0.273 e. The Labute approximate surface area is 186 Å². The Hall–Kier alpha value is -0.930. The predicted molar refractivity (Wildman–Crippen MR) is 118 cm³/mol. The summed E-state index contributed by atoms with van der Waals surface area (Å²) in [5, 5.41) is 14.8. The van der Waals surface area contributed by atoms with Crippen LogP contribution in [0, 0.1) is 5.92 Å². The minimum atomic E-state index is -0.126. The molecule has 0 spiro atoms. The molecule has 0 radical (unpaired) electrons. The number of halogens is 2. The van der Waals surface area contributed by atoms with Crippen LogP contribution in [-0.2, 0) is 4.74 Å². The summed E-state index contributed by atoms with van der Waals surface area (Å²) in [4.78, 5) is 15.1. The number of ether oxygens (including phenoxy) is 1. The van der Waals surface area contributed by atoms with Gasteiger partial charge in [-0.15, -0.1) is 29.9 Å². The first kappa shape index (κ1) is 26.1. The van der Waals surface area contributed by atoms with E-state index in [2.05, 4.69) is 39.7 Å². The van der Waals surface area contributed by atoms with Crippen molar-refractivity contribution < 1.29 is 9.53 Å². The van der Waals surface area contributed by atoms with Crippen molar-refractivity contribution in [2.75, 3.05) is 45.9 Å². The molecule has 10 heteroatoms. The van der Waals surface area contributed by atoms with E-state index in [9.17, 15) is 4.79 Å². The van der Waals surface area contributed by atoms with Gasteiger partial charge in [-0.25, -0.2) is 4.68 Å². The van der Waals surface area contributed by atoms with Crippen LogP contribution in [0.25, 0.3) is 0 Å². The van der Waals surface area contributed by atoms with E-state index in [1.165, 1.54) is 0 Å². The number of nitrogens with one attached hydrogen (secondary N) is 2. The average molecular weight is 451 g/mol. The lowest BCUT2D eigenvalue weighted by atomic mass is 9.92. The molecule has 168 valence electrons. The van der Waals surface area contributed by atoms with Gasteiger partial charge in [0.25, 0.3) is 5.91 Å². The van der Waals surface area contributed by atoms with Gasteiger partial charge in [0.15, 0.2) is 5.69 Å². The second kappa shape index (κ2) is 13.4. The molecule has 1 amide bonds. The molecule has 2 N–H and O–H groups in total. The molecule has 8 nitrogen and oxygen atoms in total. The minimum Gasteiger partial charge on any atom is -0.379 e. The third-order valence-electron chi connectivity index (χ3n) is 6.01. The molecule has 1 aromatic heterocycles. The van der Waals surface area contributed by atoms with Crippen LogP contribution in [0.1, 0.15) is 56.1 Å². The molecule has 0 aliphatic carbocycles. The number of piperidine rings is 1. The van der Waals surface area contributed by atoms with Gasteiger partial charge in [-0.2, -0.15) is 0 Å². The molecule has 0 aromatic carbocycles. The Balaban J connectivity index is 0.00000210. The zero-order valence-electron chi connectivity index (χ0n) is 17.5. The number of carbonyl (C=O) groups is 1. The zero-order chi connectivity index (χ0) is 19.1. The summed E-state index contributed by atoms with van der Waals surface area (Å²) in [7, 11) is 0. The first-order chi connectivity index (χ1) is 13.2. The van der Waals surface area contributed by atoms with Crippen LogP contribution in [0.2, 0.25) is 0 Å². The second-order valence-electron chi connectivity index (χ2n) is 7.57. The van der Waals surface area contributed by atoms with Crippen molar-refractivity contribution >= 4 is 30.7 Å². The summed E-state index contributed by atoms with van der Waals surface area (Å²) in [6.07, 6.45) is 6.07. The van der Waals surface area contributed by atoms with Crippen LogP contribution in [0.4, 0.5) is 0 Å². The summed E-state index contributed by atoms with van der Waals surface area (Å²) < 4.78 is 7.35. The zero-order valence-corrected chi connectivity index (χ0v) is 19.1. The van der Waals surface area contributed by atoms with Crippen LogP contribution in [-0.4, -0.2) is 77.8 Å². The van der Waals surface area contributed by atoms with Gasteiger partial charge in [0.2, 0.25) is 0 Å². The first-order valence-corrected chi connectivity index (χ1v) is 10.5. The molecular weight excluding hydrogens is 415 g/mol. The van der Waals surface area contributed by atoms with E-state index in [-0.39, 0.29) is 30.7 Å². The molecular formula is C19H36Cl2N6O2. The number of rotatable bonds is 8. The van der Waals surface area contributed by atoms with Crippen molar-refractivity contribution in [2.45, 2.75) is 51.6 Å². The summed E-state index contributed by atoms with van der Waals surface area (Å²) in [5.41, 5.74) is 0.416. The van der Waals surface area contributed by atoms with E-state index < -0.39 is 0 Å². The van der Waals surface area contributed by atoms with E-state index in [4.69, 9.17) is 4.74 Å². The SMILES string of the molecule is CCC(CC)C(CNC(=O)c1cn(C2CCNCC2)nn1)N1CCOCC1.Cl.Cl. The van der Waals surface area contributed by atoms with Gasteiger partial charge in [-0.1, -0.05) is 31.9 Å². The molecule has 2 aliphatic heterocycles. The van der Waals surface area contributed by atoms with Crippen molar-refractivity contribution in [1.29, 1.82) is 0 Å². The Morgan fingerprint density at radius 3 is 2.52 bits per heavy atom. The van der Waals surface area contributed by atoms with Gasteiger partial charge in [-0.3, -0.25) is 9.69 Å². The molecule has 2 aliphatic rings. The van der Waals surface area contributed by atoms with Gasteiger partial charge in [0.05, 0.1) is 25.5 Å². The first-order valence-electron chi connectivity index (χ1n) is 10.5. The number of morpholine rings is 1. The molecule has 1 unspecified atom stereocenters. The smallest absolute Gasteiger partial charge is 0.273 e. The molecule has 1 aromatic rings. The predicted octanol–water partition coefficient (Wildman–Crippen LogP) is 1.91. The molecule has 2 saturated heterocycles. The summed E-state index contributed by atoms with van der Waals surface area (Å²) in [5.74, 6) is 0.438. The highest BCUT2D eigenvalue weighted by Crippen LogP contribution is 2.20. The number of nitrogens with zero attached hydrogens (tertiary/aromatic N) is 4. The van der Waals surface area contributed by atoms with Gasteiger partial charge < -0.3 is 15.4 Å². The van der Waals surface area contributed by atoms with E-state index in [0.29, 0.717) is 30.2 Å². The van der Waals surface area contributed by atoms with Crippen molar-refractivity contribution in [3.8, 4) is 0 Å². The standard InChI is InChI=1S/C19H34N6O2.2ClH/c1-3-15(4-2)18(24-9-11-27-12-10-24)13-21-19(26)17-14-25(23-22-17)16-5-7-20-8-6-16;;/h14-16,18,20H,3-13H2,1-2H3,(H,21,26);2*1H. The van der Waals surface area contributed by atoms with Crippen LogP contribution in [0.15, 0.2) is 6.20 Å². The maximum absolute atomic E-state index is 12.6. The van der Waals surface area contributed by atoms with Gasteiger partial charge in [0, 0.05) is 25.7 Å². The maximum atomic E-state index is 12.6.